The molecule has 3 rings (SSSR count). The molecule has 1 saturated carbocycles. The summed E-state index contributed by atoms with van der Waals surface area (Å²) in [5.41, 5.74) is 0.572. The lowest BCUT2D eigenvalue weighted by atomic mass is 9.72. The molecule has 2 saturated heterocycles. The molecular weight excluding hydrogens is 260 g/mol. The van der Waals surface area contributed by atoms with Crippen molar-refractivity contribution in [1.82, 2.24) is 10.2 Å². The Bertz CT molecular complexity index is 352. The first-order valence-electron chi connectivity index (χ1n) is 9.20. The zero-order chi connectivity index (χ0) is 14.8. The summed E-state index contributed by atoms with van der Waals surface area (Å²) >= 11 is 0. The molecule has 0 bridgehead atoms. The normalized spacial score (nSPS) is 28.0. The second-order valence-electron chi connectivity index (χ2n) is 7.78. The van der Waals surface area contributed by atoms with Crippen LogP contribution in [0.1, 0.15) is 71.1 Å². The summed E-state index contributed by atoms with van der Waals surface area (Å²) in [5, 5.41) is 3.42. The van der Waals surface area contributed by atoms with E-state index in [4.69, 9.17) is 0 Å². The van der Waals surface area contributed by atoms with Crippen LogP contribution in [0.5, 0.6) is 0 Å². The van der Waals surface area contributed by atoms with Crippen LogP contribution in [0.15, 0.2) is 0 Å². The number of piperidine rings is 2. The molecule has 0 unspecified atom stereocenters. The van der Waals surface area contributed by atoms with Gasteiger partial charge < -0.3 is 10.2 Å². The minimum atomic E-state index is -0.0415. The van der Waals surface area contributed by atoms with Gasteiger partial charge in [-0.15, -0.1) is 0 Å². The standard InChI is InChI=1S/C18H32N2O/c1-2-5-18(8-12-19-13-9-18)16(21)20-14-10-17(11-15-20)6-3-4-7-17/h19H,2-15H2,1H3. The van der Waals surface area contributed by atoms with Crippen molar-refractivity contribution in [2.45, 2.75) is 71.1 Å². The highest BCUT2D eigenvalue weighted by Crippen LogP contribution is 2.47. The van der Waals surface area contributed by atoms with Crippen LogP contribution in [0.4, 0.5) is 0 Å². The number of amides is 1. The number of likely N-dealkylation sites (tertiary alicyclic amines) is 1. The molecule has 3 aliphatic rings. The molecule has 1 aliphatic carbocycles. The molecule has 21 heavy (non-hydrogen) atoms. The minimum Gasteiger partial charge on any atom is -0.342 e. The molecule has 120 valence electrons. The molecule has 0 aromatic rings. The Hall–Kier alpha value is -0.570. The van der Waals surface area contributed by atoms with Gasteiger partial charge in [0.25, 0.3) is 0 Å². The third kappa shape index (κ3) is 2.99. The molecule has 0 aromatic heterocycles. The maximum Gasteiger partial charge on any atom is 0.228 e. The van der Waals surface area contributed by atoms with E-state index in [1.165, 1.54) is 38.5 Å². The van der Waals surface area contributed by atoms with Crippen molar-refractivity contribution in [3.63, 3.8) is 0 Å². The Morgan fingerprint density at radius 1 is 1.00 bits per heavy atom. The molecule has 1 amide bonds. The number of carbonyl (C=O) groups excluding carboxylic acids is 1. The van der Waals surface area contributed by atoms with Crippen LogP contribution in [-0.4, -0.2) is 37.0 Å². The number of rotatable bonds is 3. The summed E-state index contributed by atoms with van der Waals surface area (Å²) in [7, 11) is 0. The third-order valence-electron chi connectivity index (χ3n) is 6.52. The monoisotopic (exact) mass is 292 g/mol. The minimum absolute atomic E-state index is 0.0415. The van der Waals surface area contributed by atoms with Crippen LogP contribution >= 0.6 is 0 Å². The summed E-state index contributed by atoms with van der Waals surface area (Å²) in [6, 6.07) is 0. The first kappa shape index (κ1) is 15.3. The summed E-state index contributed by atoms with van der Waals surface area (Å²) in [6.07, 6.45) is 12.5. The molecule has 2 heterocycles. The second-order valence-corrected chi connectivity index (χ2v) is 7.78. The van der Waals surface area contributed by atoms with Crippen LogP contribution in [0, 0.1) is 10.8 Å². The Labute approximate surface area is 129 Å². The smallest absolute Gasteiger partial charge is 0.228 e. The fraction of sp³-hybridized carbons (Fsp3) is 0.944. The van der Waals surface area contributed by atoms with E-state index < -0.39 is 0 Å². The molecule has 3 nitrogen and oxygen atoms in total. The zero-order valence-electron chi connectivity index (χ0n) is 13.8. The lowest BCUT2D eigenvalue weighted by molar-refractivity contribution is -0.147. The molecule has 0 radical (unpaired) electrons. The molecule has 3 fully saturated rings. The summed E-state index contributed by atoms with van der Waals surface area (Å²) in [4.78, 5) is 15.4. The van der Waals surface area contributed by atoms with Crippen molar-refractivity contribution in [1.29, 1.82) is 0 Å². The lowest BCUT2D eigenvalue weighted by Gasteiger charge is -2.45. The van der Waals surface area contributed by atoms with E-state index in [1.807, 2.05) is 0 Å². The molecule has 1 N–H and O–H groups in total. The van der Waals surface area contributed by atoms with Crippen molar-refractivity contribution in [3.8, 4) is 0 Å². The SMILES string of the molecule is CCCC1(C(=O)N2CCC3(CCCC3)CC2)CCNCC1. The van der Waals surface area contributed by atoms with E-state index in [9.17, 15) is 4.79 Å². The van der Waals surface area contributed by atoms with Gasteiger partial charge in [-0.1, -0.05) is 26.2 Å². The van der Waals surface area contributed by atoms with Crippen molar-refractivity contribution in [2.75, 3.05) is 26.2 Å². The van der Waals surface area contributed by atoms with Gasteiger partial charge in [0, 0.05) is 13.1 Å². The van der Waals surface area contributed by atoms with Crippen molar-refractivity contribution in [3.05, 3.63) is 0 Å². The van der Waals surface area contributed by atoms with Gasteiger partial charge in [0.1, 0.15) is 0 Å². The average molecular weight is 292 g/mol. The zero-order valence-corrected chi connectivity index (χ0v) is 13.8. The number of hydrogen-bond donors (Lipinski definition) is 1. The van der Waals surface area contributed by atoms with E-state index >= 15 is 0 Å². The Morgan fingerprint density at radius 3 is 2.19 bits per heavy atom. The van der Waals surface area contributed by atoms with Crippen LogP contribution in [0.3, 0.4) is 0 Å². The molecule has 2 aliphatic heterocycles. The highest BCUT2D eigenvalue weighted by atomic mass is 16.2. The van der Waals surface area contributed by atoms with Crippen LogP contribution in [0.2, 0.25) is 0 Å². The van der Waals surface area contributed by atoms with E-state index in [-0.39, 0.29) is 5.41 Å². The number of nitrogens with zero attached hydrogens (tertiary/aromatic N) is 1. The van der Waals surface area contributed by atoms with Gasteiger partial charge in [-0.25, -0.2) is 0 Å². The second kappa shape index (κ2) is 6.28. The van der Waals surface area contributed by atoms with Gasteiger partial charge in [-0.3, -0.25) is 4.79 Å². The molecule has 3 heteroatoms. The lowest BCUT2D eigenvalue weighted by Crippen LogP contribution is -2.52. The van der Waals surface area contributed by atoms with Crippen LogP contribution in [-0.2, 0) is 4.79 Å². The maximum atomic E-state index is 13.2. The Kier molecular flexibility index (Phi) is 4.58. The van der Waals surface area contributed by atoms with E-state index in [0.29, 0.717) is 11.3 Å². The average Bonchev–Trinajstić information content (AvgIpc) is 2.97. The Morgan fingerprint density at radius 2 is 1.62 bits per heavy atom. The van der Waals surface area contributed by atoms with Crippen LogP contribution < -0.4 is 5.32 Å². The molecule has 1 spiro atoms. The van der Waals surface area contributed by atoms with Gasteiger partial charge >= 0.3 is 0 Å². The molecule has 0 aromatic carbocycles. The highest BCUT2D eigenvalue weighted by Gasteiger charge is 2.44. The number of carbonyl (C=O) groups is 1. The Balaban J connectivity index is 1.64. The molecular formula is C18H32N2O. The van der Waals surface area contributed by atoms with Gasteiger partial charge in [0.2, 0.25) is 5.91 Å². The third-order valence-corrected chi connectivity index (χ3v) is 6.52. The predicted octanol–water partition coefficient (Wildman–Crippen LogP) is 3.34. The summed E-state index contributed by atoms with van der Waals surface area (Å²) in [5.74, 6) is 0.485. The number of nitrogens with one attached hydrogen (secondary N) is 1. The summed E-state index contributed by atoms with van der Waals surface area (Å²) < 4.78 is 0. The van der Waals surface area contributed by atoms with Crippen molar-refractivity contribution >= 4 is 5.91 Å². The predicted molar refractivity (Wildman–Crippen MR) is 86.2 cm³/mol. The molecule has 0 atom stereocenters. The van der Waals surface area contributed by atoms with E-state index in [2.05, 4.69) is 17.1 Å². The van der Waals surface area contributed by atoms with Crippen molar-refractivity contribution in [2.24, 2.45) is 10.8 Å². The van der Waals surface area contributed by atoms with Gasteiger partial charge in [-0.05, 0) is 63.5 Å². The van der Waals surface area contributed by atoms with Gasteiger partial charge in [0.15, 0.2) is 0 Å². The largest absolute Gasteiger partial charge is 0.342 e. The quantitative estimate of drug-likeness (QED) is 0.865. The first-order valence-corrected chi connectivity index (χ1v) is 9.20. The topological polar surface area (TPSA) is 32.3 Å². The van der Waals surface area contributed by atoms with Gasteiger partial charge in [-0.2, -0.15) is 0 Å². The fourth-order valence-electron chi connectivity index (χ4n) is 5.10. The van der Waals surface area contributed by atoms with E-state index in [0.717, 1.165) is 51.9 Å². The highest BCUT2D eigenvalue weighted by molar-refractivity contribution is 5.83. The van der Waals surface area contributed by atoms with Crippen molar-refractivity contribution < 1.29 is 4.79 Å². The number of hydrogen-bond acceptors (Lipinski definition) is 2. The summed E-state index contributed by atoms with van der Waals surface area (Å²) in [6.45, 7) is 6.31. The van der Waals surface area contributed by atoms with Gasteiger partial charge in [0.05, 0.1) is 5.41 Å². The fourth-order valence-corrected chi connectivity index (χ4v) is 5.10. The maximum absolute atomic E-state index is 13.2. The first-order chi connectivity index (χ1) is 10.2. The van der Waals surface area contributed by atoms with E-state index in [1.54, 1.807) is 0 Å². The van der Waals surface area contributed by atoms with Crippen LogP contribution in [0.25, 0.3) is 0 Å².